The molecule has 0 N–H and O–H groups in total. The lowest BCUT2D eigenvalue weighted by Gasteiger charge is -2.26. The van der Waals surface area contributed by atoms with Gasteiger partial charge in [0.15, 0.2) is 0 Å². The van der Waals surface area contributed by atoms with Gasteiger partial charge >= 0.3 is 0 Å². The predicted octanol–water partition coefficient (Wildman–Crippen LogP) is 4.70. The van der Waals surface area contributed by atoms with E-state index in [-0.39, 0.29) is 0 Å². The molecule has 0 bridgehead atoms. The zero-order valence-corrected chi connectivity index (χ0v) is 20.2. The van der Waals surface area contributed by atoms with Crippen LogP contribution in [0, 0.1) is 13.8 Å². The maximum Gasteiger partial charge on any atom is 0.222 e. The normalized spacial score (nSPS) is 14.4. The van der Waals surface area contributed by atoms with Crippen LogP contribution in [0.25, 0.3) is 0 Å². The van der Waals surface area contributed by atoms with E-state index in [1.165, 1.54) is 24.0 Å². The van der Waals surface area contributed by atoms with E-state index in [1.54, 1.807) is 7.11 Å². The lowest BCUT2D eigenvalue weighted by Crippen LogP contribution is -2.35. The Hall–Kier alpha value is -2.63. The molecule has 1 aromatic heterocycles. The number of benzene rings is 1. The first-order chi connectivity index (χ1) is 15.5. The average molecular weight is 439 g/mol. The van der Waals surface area contributed by atoms with Crippen LogP contribution in [0.15, 0.2) is 24.3 Å². The third-order valence-electron chi connectivity index (χ3n) is 6.24. The third kappa shape index (κ3) is 6.44. The van der Waals surface area contributed by atoms with Crippen molar-refractivity contribution >= 4 is 11.7 Å². The van der Waals surface area contributed by atoms with E-state index in [4.69, 9.17) is 9.72 Å². The molecule has 6 heteroatoms. The summed E-state index contributed by atoms with van der Waals surface area (Å²) in [4.78, 5) is 26.6. The van der Waals surface area contributed by atoms with E-state index >= 15 is 0 Å². The molecule has 1 aromatic carbocycles. The van der Waals surface area contributed by atoms with Crippen LogP contribution in [0.5, 0.6) is 5.75 Å². The molecule has 1 amide bonds. The molecule has 174 valence electrons. The van der Waals surface area contributed by atoms with Crippen molar-refractivity contribution in [2.24, 2.45) is 0 Å². The van der Waals surface area contributed by atoms with E-state index < -0.39 is 0 Å². The van der Waals surface area contributed by atoms with Crippen LogP contribution in [0.1, 0.15) is 68.1 Å². The molecule has 1 aliphatic rings. The molecule has 0 spiro atoms. The second kappa shape index (κ2) is 11.8. The Kier molecular flexibility index (Phi) is 8.89. The number of methoxy groups -OCH3 is 1. The van der Waals surface area contributed by atoms with Gasteiger partial charge in [0.1, 0.15) is 17.4 Å². The van der Waals surface area contributed by atoms with Crippen LogP contribution in [0.2, 0.25) is 0 Å². The molecule has 0 aliphatic carbocycles. The Morgan fingerprint density at radius 3 is 2.50 bits per heavy atom. The van der Waals surface area contributed by atoms with Gasteiger partial charge in [0, 0.05) is 50.3 Å². The fraction of sp³-hybridized carbons (Fsp3) is 0.577. The molecule has 0 radical (unpaired) electrons. The van der Waals surface area contributed by atoms with Gasteiger partial charge in [0.05, 0.1) is 7.11 Å². The van der Waals surface area contributed by atoms with Crippen LogP contribution in [0.3, 0.4) is 0 Å². The van der Waals surface area contributed by atoms with Crippen LogP contribution >= 0.6 is 0 Å². The highest BCUT2D eigenvalue weighted by Crippen LogP contribution is 2.26. The van der Waals surface area contributed by atoms with Crippen LogP contribution in [-0.4, -0.2) is 54.1 Å². The van der Waals surface area contributed by atoms with Crippen molar-refractivity contribution in [2.75, 3.05) is 38.2 Å². The van der Waals surface area contributed by atoms with Gasteiger partial charge in [-0.25, -0.2) is 9.97 Å². The highest BCUT2D eigenvalue weighted by atomic mass is 16.5. The second-order valence-corrected chi connectivity index (χ2v) is 8.72. The number of hydrogen-bond acceptors (Lipinski definition) is 5. The van der Waals surface area contributed by atoms with Crippen molar-refractivity contribution in [3.63, 3.8) is 0 Å². The summed E-state index contributed by atoms with van der Waals surface area (Å²) in [5.41, 5.74) is 3.40. The quantitative estimate of drug-likeness (QED) is 0.531. The Labute approximate surface area is 193 Å². The van der Waals surface area contributed by atoms with E-state index in [1.807, 2.05) is 19.1 Å². The minimum Gasteiger partial charge on any atom is -0.497 e. The molecule has 2 aromatic rings. The molecule has 0 atom stereocenters. The van der Waals surface area contributed by atoms with Gasteiger partial charge in [-0.1, -0.05) is 38.3 Å². The molecule has 1 fully saturated rings. The monoisotopic (exact) mass is 438 g/mol. The largest absolute Gasteiger partial charge is 0.497 e. The van der Waals surface area contributed by atoms with Gasteiger partial charge in [0.2, 0.25) is 5.91 Å². The number of ether oxygens (including phenoxy) is 1. The summed E-state index contributed by atoms with van der Waals surface area (Å²) in [5.74, 6) is 2.97. The number of unbranched alkanes of at least 4 members (excludes halogenated alkanes) is 3. The van der Waals surface area contributed by atoms with Gasteiger partial charge < -0.3 is 14.5 Å². The molecule has 6 nitrogen and oxygen atoms in total. The van der Waals surface area contributed by atoms with Crippen LogP contribution in [0.4, 0.5) is 5.82 Å². The van der Waals surface area contributed by atoms with Crippen molar-refractivity contribution in [1.82, 2.24) is 14.9 Å². The van der Waals surface area contributed by atoms with Gasteiger partial charge in [0.25, 0.3) is 0 Å². The predicted molar refractivity (Wildman–Crippen MR) is 129 cm³/mol. The number of carbonyl (C=O) groups is 1. The maximum absolute atomic E-state index is 12.7. The first-order valence-electron chi connectivity index (χ1n) is 12.0. The average Bonchev–Trinajstić information content (AvgIpc) is 3.05. The minimum absolute atomic E-state index is 0.302. The van der Waals surface area contributed by atoms with E-state index in [0.29, 0.717) is 12.3 Å². The van der Waals surface area contributed by atoms with Gasteiger partial charge in [-0.2, -0.15) is 0 Å². The number of aromatic nitrogens is 2. The van der Waals surface area contributed by atoms with E-state index in [0.717, 1.165) is 74.9 Å². The number of carbonyl (C=O) groups excluding carboxylic acids is 1. The zero-order chi connectivity index (χ0) is 22.9. The first-order valence-corrected chi connectivity index (χ1v) is 12.0. The highest BCUT2D eigenvalue weighted by molar-refractivity contribution is 5.76. The summed E-state index contributed by atoms with van der Waals surface area (Å²) in [6.45, 7) is 9.54. The Morgan fingerprint density at radius 1 is 1.00 bits per heavy atom. The SMILES string of the molecule is CCCCCCC(=O)N1CCCN(c2nc(C)nc(C)c2Cc2ccc(OC)cc2)CC1. The molecular weight excluding hydrogens is 400 g/mol. The molecule has 32 heavy (non-hydrogen) atoms. The maximum atomic E-state index is 12.7. The molecule has 1 saturated heterocycles. The van der Waals surface area contributed by atoms with Gasteiger partial charge in [-0.05, 0) is 44.4 Å². The summed E-state index contributed by atoms with van der Waals surface area (Å²) < 4.78 is 5.29. The van der Waals surface area contributed by atoms with Crippen molar-refractivity contribution in [3.8, 4) is 5.75 Å². The van der Waals surface area contributed by atoms with Crippen molar-refractivity contribution in [3.05, 3.63) is 46.9 Å². The number of aryl methyl sites for hydroxylation is 2. The van der Waals surface area contributed by atoms with Crippen LogP contribution in [-0.2, 0) is 11.2 Å². The number of hydrogen-bond donors (Lipinski definition) is 0. The lowest BCUT2D eigenvalue weighted by molar-refractivity contribution is -0.131. The van der Waals surface area contributed by atoms with Crippen molar-refractivity contribution in [1.29, 1.82) is 0 Å². The Bertz CT molecular complexity index is 882. The third-order valence-corrected chi connectivity index (χ3v) is 6.24. The standard InChI is InChI=1S/C26H38N4O2/c1-5-6-7-8-10-25(31)29-15-9-16-30(18-17-29)26-24(20(2)27-21(3)28-26)19-22-11-13-23(32-4)14-12-22/h11-14H,5-10,15-19H2,1-4H3. The summed E-state index contributed by atoms with van der Waals surface area (Å²) in [5, 5.41) is 0. The van der Waals surface area contributed by atoms with Crippen molar-refractivity contribution in [2.45, 2.75) is 65.7 Å². The van der Waals surface area contributed by atoms with E-state index in [2.05, 4.69) is 40.8 Å². The smallest absolute Gasteiger partial charge is 0.222 e. The number of amides is 1. The summed E-state index contributed by atoms with van der Waals surface area (Å²) in [7, 11) is 1.68. The van der Waals surface area contributed by atoms with Crippen molar-refractivity contribution < 1.29 is 9.53 Å². The Morgan fingerprint density at radius 2 is 1.78 bits per heavy atom. The minimum atomic E-state index is 0.302. The number of rotatable bonds is 9. The van der Waals surface area contributed by atoms with Gasteiger partial charge in [-0.15, -0.1) is 0 Å². The molecule has 0 saturated carbocycles. The Balaban J connectivity index is 1.72. The topological polar surface area (TPSA) is 58.6 Å². The van der Waals surface area contributed by atoms with Gasteiger partial charge in [-0.3, -0.25) is 4.79 Å². The summed E-state index contributed by atoms with van der Waals surface area (Å²) >= 11 is 0. The number of nitrogens with zero attached hydrogens (tertiary/aromatic N) is 4. The molecular formula is C26H38N4O2. The fourth-order valence-corrected chi connectivity index (χ4v) is 4.37. The second-order valence-electron chi connectivity index (χ2n) is 8.72. The van der Waals surface area contributed by atoms with E-state index in [9.17, 15) is 4.79 Å². The highest BCUT2D eigenvalue weighted by Gasteiger charge is 2.23. The molecule has 0 unspecified atom stereocenters. The molecule has 3 rings (SSSR count). The zero-order valence-electron chi connectivity index (χ0n) is 20.2. The first kappa shape index (κ1) is 24.0. The summed E-state index contributed by atoms with van der Waals surface area (Å²) in [6, 6.07) is 8.19. The fourth-order valence-electron chi connectivity index (χ4n) is 4.37. The molecule has 2 heterocycles. The number of anilines is 1. The summed E-state index contributed by atoms with van der Waals surface area (Å²) in [6.07, 6.45) is 6.98. The van der Waals surface area contributed by atoms with Crippen LogP contribution < -0.4 is 9.64 Å². The molecule has 1 aliphatic heterocycles. The lowest BCUT2D eigenvalue weighted by atomic mass is 10.0.